The smallest absolute Gasteiger partial charge is 0.0844 e. The molecule has 2 aromatic carbocycles. The first-order chi connectivity index (χ1) is 12.4. The first-order valence-electron chi connectivity index (χ1n) is 9.23. The van der Waals surface area contributed by atoms with Crippen LogP contribution in [0.4, 0.5) is 11.4 Å². The van der Waals surface area contributed by atoms with Crippen molar-refractivity contribution in [3.8, 4) is 11.8 Å². The van der Waals surface area contributed by atoms with E-state index in [-0.39, 0.29) is 0 Å². The molecule has 0 radical (unpaired) electrons. The van der Waals surface area contributed by atoms with Crippen molar-refractivity contribution >= 4 is 23.5 Å². The molecule has 0 bridgehead atoms. The Morgan fingerprint density at radius 1 is 0.680 bits per heavy atom. The zero-order valence-electron chi connectivity index (χ0n) is 14.6. The molecule has 1 saturated heterocycles. The summed E-state index contributed by atoms with van der Waals surface area (Å²) in [4.78, 5) is 4.82. The van der Waals surface area contributed by atoms with E-state index in [1.54, 1.807) is 0 Å². The molecule has 0 aliphatic carbocycles. The normalized spacial score (nSPS) is 16.4. The Hall–Kier alpha value is -2.50. The van der Waals surface area contributed by atoms with Gasteiger partial charge in [-0.15, -0.1) is 0 Å². The summed E-state index contributed by atoms with van der Waals surface area (Å²) in [6.45, 7) is 4.03. The third kappa shape index (κ3) is 3.62. The number of hydrogen-bond donors (Lipinski definition) is 0. The van der Waals surface area contributed by atoms with E-state index in [0.717, 1.165) is 13.1 Å². The number of fused-ring (bicyclic) bond motifs is 2. The van der Waals surface area contributed by atoms with Gasteiger partial charge in [-0.3, -0.25) is 4.90 Å². The van der Waals surface area contributed by atoms with Crippen LogP contribution in [0.2, 0.25) is 0 Å². The zero-order chi connectivity index (χ0) is 16.9. The van der Waals surface area contributed by atoms with Crippen LogP contribution < -0.4 is 4.90 Å². The monoisotopic (exact) mass is 328 g/mol. The number of benzene rings is 2. The second kappa shape index (κ2) is 7.59. The molecule has 25 heavy (non-hydrogen) atoms. The Morgan fingerprint density at radius 2 is 1.24 bits per heavy atom. The van der Waals surface area contributed by atoms with Gasteiger partial charge in [0.25, 0.3) is 0 Å². The van der Waals surface area contributed by atoms with Gasteiger partial charge >= 0.3 is 0 Å². The van der Waals surface area contributed by atoms with Crippen molar-refractivity contribution in [1.82, 2.24) is 4.90 Å². The first-order valence-corrected chi connectivity index (χ1v) is 9.23. The van der Waals surface area contributed by atoms with Gasteiger partial charge in [-0.1, -0.05) is 66.8 Å². The fourth-order valence-electron chi connectivity index (χ4n) is 3.65. The average molecular weight is 328 g/mol. The summed E-state index contributed by atoms with van der Waals surface area (Å²) in [7, 11) is 0. The standard InChI is InChI=1S/C23H24N2/c1-6-16-24(17-7-1)18-8-9-19-25-22-12-4-2-10-20(22)14-15-21-11-3-5-13-23(21)25/h2-5,10-15H,1,6-7,16-19H2. The van der Waals surface area contributed by atoms with E-state index in [9.17, 15) is 0 Å². The minimum atomic E-state index is 0.726. The van der Waals surface area contributed by atoms with Crippen molar-refractivity contribution in [2.75, 3.05) is 31.1 Å². The van der Waals surface area contributed by atoms with Gasteiger partial charge in [0.05, 0.1) is 13.1 Å². The molecule has 0 spiro atoms. The van der Waals surface area contributed by atoms with E-state index in [1.165, 1.54) is 54.9 Å². The zero-order valence-corrected chi connectivity index (χ0v) is 14.6. The Labute approximate surface area is 150 Å². The van der Waals surface area contributed by atoms with E-state index in [1.807, 2.05) is 0 Å². The van der Waals surface area contributed by atoms with Crippen molar-refractivity contribution in [3.05, 3.63) is 59.7 Å². The molecule has 4 rings (SSSR count). The van der Waals surface area contributed by atoms with E-state index < -0.39 is 0 Å². The van der Waals surface area contributed by atoms with Crippen LogP contribution >= 0.6 is 0 Å². The van der Waals surface area contributed by atoms with Crippen LogP contribution in [0, 0.1) is 11.8 Å². The molecule has 0 unspecified atom stereocenters. The molecule has 2 aliphatic rings. The van der Waals surface area contributed by atoms with Crippen LogP contribution in [0.1, 0.15) is 30.4 Å². The SMILES string of the molecule is C(#CCN1c2ccccc2C=Cc2ccccc21)CN1CCCCC1. The van der Waals surface area contributed by atoms with Gasteiger partial charge in [-0.2, -0.15) is 0 Å². The van der Waals surface area contributed by atoms with E-state index in [0.29, 0.717) is 0 Å². The molecular weight excluding hydrogens is 304 g/mol. The lowest BCUT2D eigenvalue weighted by molar-refractivity contribution is 0.255. The molecular formula is C23H24N2. The van der Waals surface area contributed by atoms with Crippen LogP contribution in [0.3, 0.4) is 0 Å². The number of para-hydroxylation sites is 2. The molecule has 1 fully saturated rings. The summed E-state index contributed by atoms with van der Waals surface area (Å²) in [5, 5.41) is 0. The van der Waals surface area contributed by atoms with Crippen molar-refractivity contribution in [2.45, 2.75) is 19.3 Å². The molecule has 2 aromatic rings. The molecule has 126 valence electrons. The molecule has 2 nitrogen and oxygen atoms in total. The highest BCUT2D eigenvalue weighted by Crippen LogP contribution is 2.35. The van der Waals surface area contributed by atoms with Gasteiger partial charge in [0, 0.05) is 11.4 Å². The number of anilines is 2. The Bertz CT molecular complexity index is 770. The van der Waals surface area contributed by atoms with Crippen molar-refractivity contribution in [3.63, 3.8) is 0 Å². The Morgan fingerprint density at radius 3 is 1.88 bits per heavy atom. The minimum absolute atomic E-state index is 0.726. The summed E-state index contributed by atoms with van der Waals surface area (Å²) in [6.07, 6.45) is 8.42. The molecule has 0 amide bonds. The van der Waals surface area contributed by atoms with Gasteiger partial charge in [0.15, 0.2) is 0 Å². The third-order valence-electron chi connectivity index (χ3n) is 5.01. The predicted molar refractivity (Wildman–Crippen MR) is 107 cm³/mol. The molecule has 0 aromatic heterocycles. The van der Waals surface area contributed by atoms with Crippen LogP contribution in [0.15, 0.2) is 48.5 Å². The van der Waals surface area contributed by atoms with Crippen LogP contribution in [-0.4, -0.2) is 31.1 Å². The highest BCUT2D eigenvalue weighted by atomic mass is 15.1. The average Bonchev–Trinajstić information content (AvgIpc) is 2.83. The summed E-state index contributed by atoms with van der Waals surface area (Å²) >= 11 is 0. The lowest BCUT2D eigenvalue weighted by Gasteiger charge is -2.25. The van der Waals surface area contributed by atoms with E-state index in [4.69, 9.17) is 0 Å². The lowest BCUT2D eigenvalue weighted by Crippen LogP contribution is -2.30. The van der Waals surface area contributed by atoms with E-state index >= 15 is 0 Å². The summed E-state index contributed by atoms with van der Waals surface area (Å²) in [6, 6.07) is 17.1. The number of likely N-dealkylation sites (tertiary alicyclic amines) is 1. The van der Waals surface area contributed by atoms with Crippen LogP contribution in [0.5, 0.6) is 0 Å². The maximum absolute atomic E-state index is 3.42. The number of hydrogen-bond acceptors (Lipinski definition) is 2. The maximum Gasteiger partial charge on any atom is 0.0844 e. The summed E-state index contributed by atoms with van der Waals surface area (Å²) in [5.41, 5.74) is 4.96. The van der Waals surface area contributed by atoms with Crippen molar-refractivity contribution in [2.24, 2.45) is 0 Å². The molecule has 0 atom stereocenters. The van der Waals surface area contributed by atoms with Crippen LogP contribution in [0.25, 0.3) is 12.2 Å². The van der Waals surface area contributed by atoms with Gasteiger partial charge in [-0.25, -0.2) is 0 Å². The number of piperidine rings is 1. The highest BCUT2D eigenvalue weighted by molar-refractivity contribution is 5.88. The molecule has 0 saturated carbocycles. The molecule has 2 heteroatoms. The minimum Gasteiger partial charge on any atom is -0.329 e. The lowest BCUT2D eigenvalue weighted by atomic mass is 10.1. The third-order valence-corrected chi connectivity index (χ3v) is 5.01. The van der Waals surface area contributed by atoms with Gasteiger partial charge in [0.2, 0.25) is 0 Å². The second-order valence-corrected chi connectivity index (χ2v) is 6.73. The Kier molecular flexibility index (Phi) is 4.86. The summed E-state index contributed by atoms with van der Waals surface area (Å²) < 4.78 is 0. The molecule has 2 heterocycles. The van der Waals surface area contributed by atoms with E-state index in [2.05, 4.69) is 82.3 Å². The predicted octanol–water partition coefficient (Wildman–Crippen LogP) is 4.80. The largest absolute Gasteiger partial charge is 0.329 e. The highest BCUT2D eigenvalue weighted by Gasteiger charge is 2.16. The van der Waals surface area contributed by atoms with Gasteiger partial charge in [-0.05, 0) is 49.2 Å². The fraction of sp³-hybridized carbons (Fsp3) is 0.304. The topological polar surface area (TPSA) is 6.48 Å². The van der Waals surface area contributed by atoms with Crippen molar-refractivity contribution < 1.29 is 0 Å². The Balaban J connectivity index is 1.57. The van der Waals surface area contributed by atoms with Crippen molar-refractivity contribution in [1.29, 1.82) is 0 Å². The van der Waals surface area contributed by atoms with Gasteiger partial charge < -0.3 is 4.90 Å². The fourth-order valence-corrected chi connectivity index (χ4v) is 3.65. The maximum atomic E-state index is 3.42. The number of rotatable bonds is 2. The number of nitrogens with zero attached hydrogens (tertiary/aromatic N) is 2. The quantitative estimate of drug-likeness (QED) is 0.731. The van der Waals surface area contributed by atoms with Gasteiger partial charge in [0.1, 0.15) is 0 Å². The second-order valence-electron chi connectivity index (χ2n) is 6.73. The summed E-state index contributed by atoms with van der Waals surface area (Å²) in [5.74, 6) is 6.82. The molecule has 0 N–H and O–H groups in total. The first kappa shape index (κ1) is 16.0. The van der Waals surface area contributed by atoms with Crippen LogP contribution in [-0.2, 0) is 0 Å². The molecule has 2 aliphatic heterocycles.